The maximum absolute atomic E-state index is 12.9. The molecule has 2 aromatic rings. The van der Waals surface area contributed by atoms with Crippen LogP contribution in [-0.2, 0) is 16.4 Å². The molecule has 2 heterocycles. The Morgan fingerprint density at radius 1 is 1.19 bits per heavy atom. The lowest BCUT2D eigenvalue weighted by Gasteiger charge is -2.30. The average molecular weight is 393 g/mol. The molecule has 0 saturated carbocycles. The molecule has 0 N–H and O–H groups in total. The second-order valence-electron chi connectivity index (χ2n) is 6.35. The first-order chi connectivity index (χ1) is 12.4. The molecular formula is C19H24N2O3S2. The van der Waals surface area contributed by atoms with Crippen LogP contribution >= 0.6 is 11.3 Å². The van der Waals surface area contributed by atoms with Gasteiger partial charge in [-0.05, 0) is 55.7 Å². The summed E-state index contributed by atoms with van der Waals surface area (Å²) in [5.74, 6) is -0.0107. The Bertz CT molecular complexity index is 915. The number of nitrogens with zero attached hydrogens (tertiary/aromatic N) is 2. The minimum atomic E-state index is -3.49. The lowest BCUT2D eigenvalue weighted by atomic mass is 10.0. The van der Waals surface area contributed by atoms with Crippen molar-refractivity contribution in [1.29, 1.82) is 0 Å². The number of benzene rings is 1. The number of hydrogen-bond donors (Lipinski definition) is 0. The molecule has 7 heteroatoms. The van der Waals surface area contributed by atoms with E-state index in [9.17, 15) is 13.2 Å². The molecule has 0 saturated heterocycles. The van der Waals surface area contributed by atoms with Crippen LogP contribution in [0.1, 0.15) is 40.4 Å². The minimum absolute atomic E-state index is 0.0107. The van der Waals surface area contributed by atoms with Crippen molar-refractivity contribution in [3.8, 4) is 0 Å². The highest BCUT2D eigenvalue weighted by atomic mass is 32.2. The molecule has 1 amide bonds. The fourth-order valence-corrected chi connectivity index (χ4v) is 5.67. The second kappa shape index (κ2) is 7.50. The van der Waals surface area contributed by atoms with Crippen molar-refractivity contribution in [3.05, 3.63) is 45.6 Å². The van der Waals surface area contributed by atoms with Crippen molar-refractivity contribution < 1.29 is 13.2 Å². The number of carbonyl (C=O) groups excluding carboxylic acids is 1. The summed E-state index contributed by atoms with van der Waals surface area (Å²) >= 11 is 1.49. The largest absolute Gasteiger partial charge is 0.307 e. The van der Waals surface area contributed by atoms with Gasteiger partial charge in [0.2, 0.25) is 10.0 Å². The molecule has 0 spiro atoms. The first-order valence-corrected chi connectivity index (χ1v) is 11.2. The van der Waals surface area contributed by atoms with Crippen LogP contribution in [0.15, 0.2) is 35.2 Å². The van der Waals surface area contributed by atoms with Crippen LogP contribution < -0.4 is 4.90 Å². The molecule has 1 aromatic carbocycles. The smallest absolute Gasteiger partial charge is 0.268 e. The molecule has 0 atom stereocenters. The number of sulfonamides is 1. The number of carbonyl (C=O) groups is 1. The topological polar surface area (TPSA) is 57.7 Å². The van der Waals surface area contributed by atoms with Gasteiger partial charge < -0.3 is 4.90 Å². The zero-order valence-corrected chi connectivity index (χ0v) is 17.0. The Labute approximate surface area is 159 Å². The average Bonchev–Trinajstić information content (AvgIpc) is 3.07. The molecule has 1 aliphatic rings. The molecule has 0 aliphatic carbocycles. The predicted octanol–water partition coefficient (Wildman–Crippen LogP) is 3.68. The Morgan fingerprint density at radius 2 is 1.92 bits per heavy atom. The second-order valence-corrected chi connectivity index (χ2v) is 9.58. The summed E-state index contributed by atoms with van der Waals surface area (Å²) in [6.45, 7) is 7.20. The van der Waals surface area contributed by atoms with Crippen molar-refractivity contribution in [2.24, 2.45) is 0 Å². The van der Waals surface area contributed by atoms with Crippen LogP contribution in [0.25, 0.3) is 0 Å². The molecule has 0 bridgehead atoms. The Morgan fingerprint density at radius 3 is 2.54 bits per heavy atom. The molecule has 3 rings (SSSR count). The van der Waals surface area contributed by atoms with Crippen molar-refractivity contribution in [1.82, 2.24) is 4.31 Å². The Balaban J connectivity index is 1.96. The van der Waals surface area contributed by atoms with Gasteiger partial charge in [0.15, 0.2) is 0 Å². The zero-order chi connectivity index (χ0) is 18.9. The Kier molecular flexibility index (Phi) is 5.50. The number of thiophene rings is 1. The van der Waals surface area contributed by atoms with Crippen LogP contribution in [0.5, 0.6) is 0 Å². The molecule has 0 unspecified atom stereocenters. The van der Waals surface area contributed by atoms with Crippen LogP contribution in [-0.4, -0.2) is 38.3 Å². The van der Waals surface area contributed by atoms with E-state index >= 15 is 0 Å². The lowest BCUT2D eigenvalue weighted by molar-refractivity contribution is 0.0989. The van der Waals surface area contributed by atoms with Gasteiger partial charge in [0.1, 0.15) is 0 Å². The first-order valence-electron chi connectivity index (χ1n) is 8.89. The highest BCUT2D eigenvalue weighted by Crippen LogP contribution is 2.32. The monoisotopic (exact) mass is 392 g/mol. The van der Waals surface area contributed by atoms with Crippen molar-refractivity contribution in [2.75, 3.05) is 24.5 Å². The quantitative estimate of drug-likeness (QED) is 0.780. The highest BCUT2D eigenvalue weighted by Gasteiger charge is 2.27. The van der Waals surface area contributed by atoms with E-state index in [1.54, 1.807) is 23.1 Å². The van der Waals surface area contributed by atoms with Gasteiger partial charge in [-0.25, -0.2) is 8.42 Å². The van der Waals surface area contributed by atoms with Crippen LogP contribution in [0.2, 0.25) is 0 Å². The van der Waals surface area contributed by atoms with Gasteiger partial charge in [-0.15, -0.1) is 11.3 Å². The molecular weight excluding hydrogens is 368 g/mol. The summed E-state index contributed by atoms with van der Waals surface area (Å²) in [4.78, 5) is 16.8. The normalized spacial score (nSPS) is 14.5. The number of aryl methyl sites for hydroxylation is 2. The maximum atomic E-state index is 12.9. The zero-order valence-electron chi connectivity index (χ0n) is 15.4. The van der Waals surface area contributed by atoms with E-state index in [4.69, 9.17) is 0 Å². The highest BCUT2D eigenvalue weighted by molar-refractivity contribution is 7.89. The number of amides is 1. The van der Waals surface area contributed by atoms with Gasteiger partial charge in [0.05, 0.1) is 9.77 Å². The van der Waals surface area contributed by atoms with Crippen LogP contribution in [0.4, 0.5) is 5.69 Å². The molecule has 5 nitrogen and oxygen atoms in total. The standard InChI is InChI=1S/C19H24N2O3S2/c1-4-20(5-2)26(23,24)16-9-10-17-15(13-16)7-6-12-21(17)19(22)18-11-8-14(3)25-18/h8-11,13H,4-7,12H2,1-3H3. The van der Waals surface area contributed by atoms with Gasteiger partial charge >= 0.3 is 0 Å². The number of rotatable bonds is 5. The number of anilines is 1. The van der Waals surface area contributed by atoms with Gasteiger partial charge in [-0.1, -0.05) is 13.8 Å². The Hall–Kier alpha value is -1.70. The third-order valence-corrected chi connectivity index (χ3v) is 7.74. The molecule has 1 aliphatic heterocycles. The number of hydrogen-bond acceptors (Lipinski definition) is 4. The molecule has 140 valence electrons. The van der Waals surface area contributed by atoms with Gasteiger partial charge in [-0.2, -0.15) is 4.31 Å². The third-order valence-electron chi connectivity index (χ3n) is 4.71. The fraction of sp³-hybridized carbons (Fsp3) is 0.421. The molecule has 1 aromatic heterocycles. The van der Waals surface area contributed by atoms with E-state index in [0.29, 0.717) is 24.5 Å². The minimum Gasteiger partial charge on any atom is -0.307 e. The lowest BCUT2D eigenvalue weighted by Crippen LogP contribution is -2.35. The molecule has 0 fully saturated rings. The van der Waals surface area contributed by atoms with E-state index in [1.165, 1.54) is 15.6 Å². The number of fused-ring (bicyclic) bond motifs is 1. The van der Waals surface area contributed by atoms with Gasteiger partial charge in [0, 0.05) is 30.2 Å². The van der Waals surface area contributed by atoms with E-state index < -0.39 is 10.0 Å². The van der Waals surface area contributed by atoms with E-state index in [-0.39, 0.29) is 5.91 Å². The molecule has 26 heavy (non-hydrogen) atoms. The van der Waals surface area contributed by atoms with Crippen molar-refractivity contribution in [3.63, 3.8) is 0 Å². The van der Waals surface area contributed by atoms with Crippen molar-refractivity contribution >= 4 is 33.0 Å². The third kappa shape index (κ3) is 3.43. The van der Waals surface area contributed by atoms with Gasteiger partial charge in [-0.3, -0.25) is 4.79 Å². The van der Waals surface area contributed by atoms with E-state index in [1.807, 2.05) is 32.9 Å². The summed E-state index contributed by atoms with van der Waals surface area (Å²) in [5.41, 5.74) is 1.75. The first kappa shape index (κ1) is 19.1. The summed E-state index contributed by atoms with van der Waals surface area (Å²) < 4.78 is 27.0. The fourth-order valence-electron chi connectivity index (χ4n) is 3.34. The van der Waals surface area contributed by atoms with E-state index in [2.05, 4.69) is 0 Å². The summed E-state index contributed by atoms with van der Waals surface area (Å²) in [5, 5.41) is 0. The SMILES string of the molecule is CCN(CC)S(=O)(=O)c1ccc2c(c1)CCCN2C(=O)c1ccc(C)s1. The summed E-state index contributed by atoms with van der Waals surface area (Å²) in [6.07, 6.45) is 1.61. The van der Waals surface area contributed by atoms with E-state index in [0.717, 1.165) is 33.8 Å². The predicted molar refractivity (Wildman–Crippen MR) is 106 cm³/mol. The van der Waals surface area contributed by atoms with Crippen LogP contribution in [0.3, 0.4) is 0 Å². The molecule has 0 radical (unpaired) electrons. The van der Waals surface area contributed by atoms with Gasteiger partial charge in [0.25, 0.3) is 5.91 Å². The van der Waals surface area contributed by atoms with Crippen LogP contribution in [0, 0.1) is 6.92 Å². The summed E-state index contributed by atoms with van der Waals surface area (Å²) in [6, 6.07) is 8.95. The van der Waals surface area contributed by atoms with Crippen molar-refractivity contribution in [2.45, 2.75) is 38.5 Å². The summed E-state index contributed by atoms with van der Waals surface area (Å²) in [7, 11) is -3.49. The maximum Gasteiger partial charge on any atom is 0.268 e.